The molecule has 2 atom stereocenters. The summed E-state index contributed by atoms with van der Waals surface area (Å²) in [5.74, 6) is -0.0245. The molecule has 1 saturated heterocycles. The van der Waals surface area contributed by atoms with Crippen LogP contribution in [0.15, 0.2) is 24.3 Å². The molecule has 2 aromatic rings. The summed E-state index contributed by atoms with van der Waals surface area (Å²) in [6, 6.07) is 5.71. The minimum Gasteiger partial charge on any atom is -0.487 e. The van der Waals surface area contributed by atoms with Gasteiger partial charge in [0.2, 0.25) is 0 Å². The molecule has 2 aromatic carbocycles. The van der Waals surface area contributed by atoms with Crippen LogP contribution in [0.1, 0.15) is 31.7 Å². The van der Waals surface area contributed by atoms with E-state index >= 15 is 0 Å². The maximum atomic E-state index is 14.5. The Kier molecular flexibility index (Phi) is 4.53. The summed E-state index contributed by atoms with van der Waals surface area (Å²) in [5.41, 5.74) is 1.27. The van der Waals surface area contributed by atoms with E-state index < -0.39 is 11.6 Å². The van der Waals surface area contributed by atoms with Gasteiger partial charge in [-0.2, -0.15) is 0 Å². The summed E-state index contributed by atoms with van der Waals surface area (Å²) in [7, 11) is 0. The standard InChI is InChI=1S/C20H20ClF2NO2/c1-10(2)25-18-6-11(19-15(22)7-12(21)8-16(19)23)5-13-14-9-24-4-3-17(14)26-20(13)18/h5-8,10,14,17,24H,3-4,9H2,1-2H3/t14-,17-/m0/s1. The summed E-state index contributed by atoms with van der Waals surface area (Å²) >= 11 is 5.76. The monoisotopic (exact) mass is 379 g/mol. The van der Waals surface area contributed by atoms with Crippen LogP contribution in [0, 0.1) is 11.6 Å². The second-order valence-corrected chi connectivity index (χ2v) is 7.50. The van der Waals surface area contributed by atoms with Crippen molar-refractivity contribution in [1.82, 2.24) is 5.32 Å². The molecule has 4 rings (SSSR count). The fraction of sp³-hybridized carbons (Fsp3) is 0.400. The average Bonchev–Trinajstić information content (AvgIpc) is 2.93. The van der Waals surface area contributed by atoms with E-state index in [-0.39, 0.29) is 28.7 Å². The highest BCUT2D eigenvalue weighted by atomic mass is 35.5. The zero-order valence-electron chi connectivity index (χ0n) is 14.6. The fourth-order valence-corrected chi connectivity index (χ4v) is 3.96. The maximum absolute atomic E-state index is 14.5. The van der Waals surface area contributed by atoms with Crippen molar-refractivity contribution < 1.29 is 18.3 Å². The molecule has 1 fully saturated rings. The highest BCUT2D eigenvalue weighted by molar-refractivity contribution is 6.30. The quantitative estimate of drug-likeness (QED) is 0.821. The zero-order valence-corrected chi connectivity index (χ0v) is 15.4. The fourth-order valence-electron chi connectivity index (χ4n) is 3.77. The second-order valence-electron chi connectivity index (χ2n) is 7.06. The van der Waals surface area contributed by atoms with Crippen LogP contribution in [0.25, 0.3) is 11.1 Å². The van der Waals surface area contributed by atoms with Crippen molar-refractivity contribution in [2.45, 2.75) is 38.4 Å². The second kappa shape index (κ2) is 6.71. The lowest BCUT2D eigenvalue weighted by Crippen LogP contribution is -2.37. The molecule has 0 amide bonds. The van der Waals surface area contributed by atoms with Gasteiger partial charge < -0.3 is 14.8 Å². The van der Waals surface area contributed by atoms with E-state index in [2.05, 4.69) is 5.32 Å². The number of hydrogen-bond donors (Lipinski definition) is 1. The smallest absolute Gasteiger partial charge is 0.165 e. The molecule has 2 aliphatic rings. The molecule has 3 nitrogen and oxygen atoms in total. The molecular formula is C20H20ClF2NO2. The van der Waals surface area contributed by atoms with E-state index in [1.54, 1.807) is 6.07 Å². The highest BCUT2D eigenvalue weighted by Gasteiger charge is 2.39. The van der Waals surface area contributed by atoms with Crippen LogP contribution in [0.5, 0.6) is 11.5 Å². The Morgan fingerprint density at radius 2 is 1.92 bits per heavy atom. The van der Waals surface area contributed by atoms with Crippen molar-refractivity contribution in [2.24, 2.45) is 0 Å². The molecule has 0 unspecified atom stereocenters. The topological polar surface area (TPSA) is 30.5 Å². The van der Waals surface area contributed by atoms with Crippen LogP contribution in [-0.2, 0) is 0 Å². The molecule has 2 heterocycles. The predicted molar refractivity (Wildman–Crippen MR) is 97.2 cm³/mol. The first-order valence-electron chi connectivity index (χ1n) is 8.81. The molecule has 1 N–H and O–H groups in total. The van der Waals surface area contributed by atoms with Gasteiger partial charge in [0.15, 0.2) is 11.5 Å². The van der Waals surface area contributed by atoms with E-state index in [4.69, 9.17) is 21.1 Å². The number of fused-ring (bicyclic) bond motifs is 3. The van der Waals surface area contributed by atoms with Crippen molar-refractivity contribution >= 4 is 11.6 Å². The van der Waals surface area contributed by atoms with Gasteiger partial charge in [0.1, 0.15) is 17.7 Å². The SMILES string of the molecule is CC(C)Oc1cc(-c2c(F)cc(Cl)cc2F)cc2c1O[C@H]1CCNC[C@@H]21. The molecule has 0 bridgehead atoms. The Morgan fingerprint density at radius 3 is 2.62 bits per heavy atom. The predicted octanol–water partition coefficient (Wildman–Crippen LogP) is 4.91. The Morgan fingerprint density at radius 1 is 1.19 bits per heavy atom. The Bertz CT molecular complexity index is 833. The summed E-state index contributed by atoms with van der Waals surface area (Å²) in [4.78, 5) is 0. The Hall–Kier alpha value is -1.85. The number of benzene rings is 2. The normalized spacial score (nSPS) is 21.3. The average molecular weight is 380 g/mol. The van der Waals surface area contributed by atoms with Crippen LogP contribution in [-0.4, -0.2) is 25.3 Å². The summed E-state index contributed by atoms with van der Waals surface area (Å²) in [5, 5.41) is 3.39. The van der Waals surface area contributed by atoms with E-state index in [0.717, 1.165) is 37.2 Å². The van der Waals surface area contributed by atoms with Crippen molar-refractivity contribution in [1.29, 1.82) is 0 Å². The van der Waals surface area contributed by atoms with Crippen LogP contribution in [0.4, 0.5) is 8.78 Å². The number of nitrogens with one attached hydrogen (secondary N) is 1. The number of ether oxygens (including phenoxy) is 2. The molecule has 0 spiro atoms. The minimum atomic E-state index is -0.692. The third-order valence-corrected chi connectivity index (χ3v) is 5.05. The number of piperidine rings is 1. The zero-order chi connectivity index (χ0) is 18.4. The first-order chi connectivity index (χ1) is 12.4. The van der Waals surface area contributed by atoms with Crippen molar-refractivity contribution in [2.75, 3.05) is 13.1 Å². The van der Waals surface area contributed by atoms with Gasteiger partial charge in [-0.1, -0.05) is 11.6 Å². The van der Waals surface area contributed by atoms with Gasteiger partial charge in [-0.25, -0.2) is 8.78 Å². The molecule has 0 radical (unpaired) electrons. The lowest BCUT2D eigenvalue weighted by molar-refractivity contribution is 0.160. The summed E-state index contributed by atoms with van der Waals surface area (Å²) < 4.78 is 41.0. The van der Waals surface area contributed by atoms with Gasteiger partial charge in [-0.15, -0.1) is 0 Å². The number of halogens is 3. The molecule has 2 aliphatic heterocycles. The van der Waals surface area contributed by atoms with E-state index in [9.17, 15) is 8.78 Å². The van der Waals surface area contributed by atoms with Crippen LogP contribution < -0.4 is 14.8 Å². The third-order valence-electron chi connectivity index (χ3n) is 4.83. The van der Waals surface area contributed by atoms with Crippen LogP contribution in [0.2, 0.25) is 5.02 Å². The minimum absolute atomic E-state index is 0.0310. The lowest BCUT2D eigenvalue weighted by atomic mass is 9.89. The molecule has 138 valence electrons. The third kappa shape index (κ3) is 3.03. The van der Waals surface area contributed by atoms with Gasteiger partial charge in [0.25, 0.3) is 0 Å². The highest BCUT2D eigenvalue weighted by Crippen LogP contribution is 2.49. The molecule has 0 aromatic heterocycles. The van der Waals surface area contributed by atoms with E-state index in [1.165, 1.54) is 0 Å². The molecular weight excluding hydrogens is 360 g/mol. The first kappa shape index (κ1) is 17.6. The Labute approximate surface area is 156 Å². The van der Waals surface area contributed by atoms with Crippen LogP contribution in [0.3, 0.4) is 0 Å². The van der Waals surface area contributed by atoms with Crippen molar-refractivity contribution in [3.8, 4) is 22.6 Å². The number of hydrogen-bond acceptors (Lipinski definition) is 3. The maximum Gasteiger partial charge on any atom is 0.165 e. The Balaban J connectivity index is 1.88. The van der Waals surface area contributed by atoms with E-state index in [0.29, 0.717) is 17.1 Å². The molecule has 26 heavy (non-hydrogen) atoms. The lowest BCUT2D eigenvalue weighted by Gasteiger charge is -2.24. The van der Waals surface area contributed by atoms with Gasteiger partial charge in [-0.3, -0.25) is 0 Å². The number of rotatable bonds is 3. The molecule has 6 heteroatoms. The molecule has 0 saturated carbocycles. The van der Waals surface area contributed by atoms with Gasteiger partial charge in [0, 0.05) is 23.0 Å². The van der Waals surface area contributed by atoms with Crippen molar-refractivity contribution in [3.05, 3.63) is 46.5 Å². The first-order valence-corrected chi connectivity index (χ1v) is 9.18. The van der Waals surface area contributed by atoms with E-state index in [1.807, 2.05) is 19.9 Å². The summed E-state index contributed by atoms with van der Waals surface area (Å²) in [6.07, 6.45) is 0.869. The van der Waals surface area contributed by atoms with Gasteiger partial charge in [-0.05, 0) is 56.6 Å². The molecule has 0 aliphatic carbocycles. The summed E-state index contributed by atoms with van der Waals surface area (Å²) in [6.45, 7) is 5.48. The van der Waals surface area contributed by atoms with Gasteiger partial charge >= 0.3 is 0 Å². The van der Waals surface area contributed by atoms with Gasteiger partial charge in [0.05, 0.1) is 11.7 Å². The van der Waals surface area contributed by atoms with Crippen molar-refractivity contribution in [3.63, 3.8) is 0 Å². The van der Waals surface area contributed by atoms with Crippen LogP contribution >= 0.6 is 11.6 Å². The largest absolute Gasteiger partial charge is 0.487 e.